The molecule has 13 nitrogen and oxygen atoms in total. The molecule has 1 aromatic heterocycles. The molecule has 0 spiro atoms. The van der Waals surface area contributed by atoms with E-state index >= 15 is 0 Å². The van der Waals surface area contributed by atoms with Gasteiger partial charge in [-0.3, -0.25) is 24.2 Å². The number of nitrogens with two attached hydrogens (primary N) is 4. The number of hydrogen-bond donors (Lipinski definition) is 7. The largest absolute Gasteiger partial charge is 0.370 e. The van der Waals surface area contributed by atoms with E-state index in [9.17, 15) is 19.2 Å². The molecule has 2 rings (SSSR count). The van der Waals surface area contributed by atoms with Crippen molar-refractivity contribution in [2.24, 2.45) is 39.8 Å². The van der Waals surface area contributed by atoms with E-state index < -0.39 is 41.8 Å². The standard InChI is InChI=1S/C29H45N9O4/c1-18(2)10-11-20(27(41)38-24(26(31)40)15-21-16-34-17-36-21)14-25(39)23(9-6-12-35-29(32)33)37-28(42)22(30)13-19-7-4-3-5-8-19/h3-5,7-8,16-18,20,22-24H,6,9-15,30H2,1-2H3,(H2,31,40)(H,34,36)(H,37,42)(H,38,41)(H4,32,33,35)/t20-,22+,23-,24+/m1/s1. The third-order valence-corrected chi connectivity index (χ3v) is 6.84. The van der Waals surface area contributed by atoms with Crippen LogP contribution in [0.5, 0.6) is 0 Å². The summed E-state index contributed by atoms with van der Waals surface area (Å²) in [4.78, 5) is 62.9. The molecular weight excluding hydrogens is 538 g/mol. The van der Waals surface area contributed by atoms with Crippen LogP contribution in [-0.4, -0.2) is 64.1 Å². The number of guanidine groups is 1. The minimum Gasteiger partial charge on any atom is -0.370 e. The Morgan fingerprint density at radius 1 is 0.929 bits per heavy atom. The van der Waals surface area contributed by atoms with Crippen molar-refractivity contribution < 1.29 is 19.2 Å². The van der Waals surface area contributed by atoms with Crippen molar-refractivity contribution in [1.29, 1.82) is 0 Å². The molecule has 3 amide bonds. The van der Waals surface area contributed by atoms with Crippen molar-refractivity contribution in [2.75, 3.05) is 6.54 Å². The molecule has 0 unspecified atom stereocenters. The number of ketones is 1. The van der Waals surface area contributed by atoms with Crippen LogP contribution in [0, 0.1) is 11.8 Å². The first-order valence-electron chi connectivity index (χ1n) is 14.2. The van der Waals surface area contributed by atoms with E-state index in [-0.39, 0.29) is 43.5 Å². The number of H-pyrrole nitrogens is 1. The highest BCUT2D eigenvalue weighted by Crippen LogP contribution is 2.19. The van der Waals surface area contributed by atoms with Crippen LogP contribution in [0.15, 0.2) is 47.8 Å². The molecular formula is C29H45N9O4. The van der Waals surface area contributed by atoms with Crippen LogP contribution in [0.25, 0.3) is 0 Å². The third-order valence-electron chi connectivity index (χ3n) is 6.84. The van der Waals surface area contributed by atoms with Crippen molar-refractivity contribution in [1.82, 2.24) is 20.6 Å². The molecule has 42 heavy (non-hydrogen) atoms. The lowest BCUT2D eigenvalue weighted by Crippen LogP contribution is -2.51. The first kappa shape index (κ1) is 33.9. The summed E-state index contributed by atoms with van der Waals surface area (Å²) >= 11 is 0. The second-order valence-corrected chi connectivity index (χ2v) is 10.9. The maximum atomic E-state index is 13.6. The van der Waals surface area contributed by atoms with Crippen molar-refractivity contribution in [3.05, 3.63) is 54.1 Å². The highest BCUT2D eigenvalue weighted by molar-refractivity contribution is 5.94. The van der Waals surface area contributed by atoms with Gasteiger partial charge in [0, 0.05) is 37.2 Å². The summed E-state index contributed by atoms with van der Waals surface area (Å²) < 4.78 is 0. The number of aromatic amines is 1. The molecule has 2 aromatic rings. The SMILES string of the molecule is CC(C)CC[C@H](CC(=O)[C@@H](CCCN=C(N)N)NC(=O)[C@@H](N)Cc1ccccc1)C(=O)N[C@@H](Cc1cnc[nH]1)C(N)=O. The number of carbonyl (C=O) groups excluding carboxylic acids is 4. The Balaban J connectivity index is 2.16. The smallest absolute Gasteiger partial charge is 0.240 e. The number of nitrogens with zero attached hydrogens (tertiary/aromatic N) is 2. The Hall–Kier alpha value is -4.26. The topological polar surface area (TPSA) is 237 Å². The minimum atomic E-state index is -0.985. The zero-order valence-electron chi connectivity index (χ0n) is 24.4. The van der Waals surface area contributed by atoms with Crippen molar-refractivity contribution in [3.63, 3.8) is 0 Å². The summed E-state index contributed by atoms with van der Waals surface area (Å²) in [7, 11) is 0. The summed E-state index contributed by atoms with van der Waals surface area (Å²) in [5.41, 5.74) is 24.1. The fraction of sp³-hybridized carbons (Fsp3) is 0.517. The van der Waals surface area contributed by atoms with Gasteiger partial charge in [0.05, 0.1) is 18.4 Å². The highest BCUT2D eigenvalue weighted by Gasteiger charge is 2.30. The number of hydrogen-bond acceptors (Lipinski definition) is 7. The van der Waals surface area contributed by atoms with E-state index in [0.717, 1.165) is 5.56 Å². The number of benzene rings is 1. The van der Waals surface area contributed by atoms with Crippen LogP contribution in [0.3, 0.4) is 0 Å². The lowest BCUT2D eigenvalue weighted by Gasteiger charge is -2.24. The fourth-order valence-corrected chi connectivity index (χ4v) is 4.43. The van der Waals surface area contributed by atoms with Gasteiger partial charge in [0.25, 0.3) is 0 Å². The van der Waals surface area contributed by atoms with Gasteiger partial charge in [-0.15, -0.1) is 0 Å². The first-order valence-corrected chi connectivity index (χ1v) is 14.2. The van der Waals surface area contributed by atoms with Crippen LogP contribution in [0.1, 0.15) is 57.2 Å². The van der Waals surface area contributed by atoms with Gasteiger partial charge in [-0.25, -0.2) is 4.98 Å². The van der Waals surface area contributed by atoms with Crippen molar-refractivity contribution in [3.8, 4) is 0 Å². The second-order valence-electron chi connectivity index (χ2n) is 10.9. The Morgan fingerprint density at radius 2 is 1.62 bits per heavy atom. The number of primary amides is 1. The number of nitrogens with one attached hydrogen (secondary N) is 3. The highest BCUT2D eigenvalue weighted by atomic mass is 16.2. The van der Waals surface area contributed by atoms with Crippen LogP contribution >= 0.6 is 0 Å². The number of aliphatic imine (C=N–C) groups is 1. The number of amides is 3. The molecule has 0 bridgehead atoms. The normalized spacial score (nSPS) is 13.9. The number of rotatable bonds is 19. The zero-order valence-corrected chi connectivity index (χ0v) is 24.4. The third kappa shape index (κ3) is 12.5. The molecule has 0 fully saturated rings. The Bertz CT molecular complexity index is 1170. The predicted molar refractivity (Wildman–Crippen MR) is 161 cm³/mol. The summed E-state index contributed by atoms with van der Waals surface area (Å²) in [5.74, 6) is -2.50. The van der Waals surface area contributed by atoms with Gasteiger partial charge in [0.1, 0.15) is 6.04 Å². The first-order chi connectivity index (χ1) is 20.0. The maximum absolute atomic E-state index is 13.6. The Labute approximate surface area is 246 Å². The molecule has 1 aromatic carbocycles. The molecule has 13 heteroatoms. The van der Waals surface area contributed by atoms with Crippen LogP contribution in [-0.2, 0) is 32.0 Å². The molecule has 0 aliphatic carbocycles. The molecule has 0 radical (unpaired) electrons. The van der Waals surface area contributed by atoms with E-state index in [0.29, 0.717) is 31.4 Å². The molecule has 0 saturated heterocycles. The molecule has 0 aliphatic heterocycles. The lowest BCUT2D eigenvalue weighted by atomic mass is 9.89. The summed E-state index contributed by atoms with van der Waals surface area (Å²) in [6, 6.07) is 6.56. The predicted octanol–water partition coefficient (Wildman–Crippen LogP) is 0.0423. The lowest BCUT2D eigenvalue weighted by molar-refractivity contribution is -0.134. The van der Waals surface area contributed by atoms with Crippen LogP contribution in [0.2, 0.25) is 0 Å². The zero-order chi connectivity index (χ0) is 31.1. The number of carbonyl (C=O) groups is 4. The minimum absolute atomic E-state index is 0.0728. The number of aromatic nitrogens is 2. The van der Waals surface area contributed by atoms with E-state index in [1.54, 1.807) is 6.20 Å². The quantitative estimate of drug-likeness (QED) is 0.0675. The van der Waals surface area contributed by atoms with Gasteiger partial charge in [-0.05, 0) is 37.2 Å². The average molecular weight is 584 g/mol. The second kappa shape index (κ2) is 17.5. The fourth-order valence-electron chi connectivity index (χ4n) is 4.43. The van der Waals surface area contributed by atoms with E-state index in [4.69, 9.17) is 22.9 Å². The van der Waals surface area contributed by atoms with Crippen molar-refractivity contribution in [2.45, 2.75) is 76.9 Å². The average Bonchev–Trinajstić information content (AvgIpc) is 3.45. The Kier molecular flexibility index (Phi) is 14.2. The molecule has 0 saturated carbocycles. The van der Waals surface area contributed by atoms with Crippen LogP contribution < -0.4 is 33.6 Å². The molecule has 11 N–H and O–H groups in total. The van der Waals surface area contributed by atoms with Gasteiger partial charge >= 0.3 is 0 Å². The molecule has 0 aliphatic rings. The summed E-state index contributed by atoms with van der Waals surface area (Å²) in [5, 5.41) is 5.49. The molecule has 230 valence electrons. The monoisotopic (exact) mass is 583 g/mol. The van der Waals surface area contributed by atoms with Gasteiger partial charge in [0.2, 0.25) is 17.7 Å². The summed E-state index contributed by atoms with van der Waals surface area (Å²) in [6.45, 7) is 4.30. The summed E-state index contributed by atoms with van der Waals surface area (Å²) in [6.07, 6.45) is 5.05. The Morgan fingerprint density at radius 3 is 2.21 bits per heavy atom. The van der Waals surface area contributed by atoms with E-state index in [1.807, 2.05) is 44.2 Å². The van der Waals surface area contributed by atoms with E-state index in [1.165, 1.54) is 6.33 Å². The van der Waals surface area contributed by atoms with Gasteiger partial charge < -0.3 is 38.6 Å². The number of Topliss-reactive ketones (excluding diaryl/α,β-unsaturated/α-hetero) is 1. The molecule has 4 atom stereocenters. The van der Waals surface area contributed by atoms with Crippen molar-refractivity contribution >= 4 is 29.5 Å². The van der Waals surface area contributed by atoms with E-state index in [2.05, 4.69) is 25.6 Å². The van der Waals surface area contributed by atoms with Crippen LogP contribution in [0.4, 0.5) is 0 Å². The maximum Gasteiger partial charge on any atom is 0.240 e. The van der Waals surface area contributed by atoms with Gasteiger partial charge in [-0.1, -0.05) is 50.6 Å². The van der Waals surface area contributed by atoms with Gasteiger partial charge in [0.15, 0.2) is 11.7 Å². The molecule has 1 heterocycles. The van der Waals surface area contributed by atoms with Gasteiger partial charge in [-0.2, -0.15) is 0 Å². The number of imidazole rings is 1.